The quantitative estimate of drug-likeness (QED) is 0.191. The Morgan fingerprint density at radius 2 is 1.90 bits per heavy atom. The van der Waals surface area contributed by atoms with E-state index in [9.17, 15) is 0 Å². The molecule has 1 fully saturated rings. The maximum Gasteiger partial charge on any atom is 0.188 e. The molecular weight excluding hydrogens is 481 g/mol. The number of nitrogens with one attached hydrogen (secondary N) is 1. The van der Waals surface area contributed by atoms with Crippen LogP contribution in [-0.4, -0.2) is 81.4 Å². The summed E-state index contributed by atoms with van der Waals surface area (Å²) in [6.07, 6.45) is 1.05. The molecule has 0 bridgehead atoms. The lowest BCUT2D eigenvalue weighted by molar-refractivity contribution is 0.0376. The summed E-state index contributed by atoms with van der Waals surface area (Å²) >= 11 is 0. The molecule has 0 saturated carbocycles. The zero-order chi connectivity index (χ0) is 20.0. The van der Waals surface area contributed by atoms with Crippen molar-refractivity contribution in [1.29, 1.82) is 0 Å². The van der Waals surface area contributed by atoms with Crippen molar-refractivity contribution in [3.8, 4) is 5.75 Å². The van der Waals surface area contributed by atoms with Gasteiger partial charge >= 0.3 is 0 Å². The molecule has 7 nitrogen and oxygen atoms in total. The van der Waals surface area contributed by atoms with Gasteiger partial charge in [-0.3, -0.25) is 4.90 Å². The van der Waals surface area contributed by atoms with Crippen molar-refractivity contribution in [1.82, 2.24) is 15.1 Å². The van der Waals surface area contributed by atoms with Gasteiger partial charge in [0.15, 0.2) is 5.96 Å². The number of aliphatic imine (C=N–C) groups is 1. The maximum atomic E-state index is 5.97. The zero-order valence-electron chi connectivity index (χ0n) is 17.9. The van der Waals surface area contributed by atoms with Crippen molar-refractivity contribution in [2.45, 2.75) is 26.8 Å². The second kappa shape index (κ2) is 15.7. The van der Waals surface area contributed by atoms with Gasteiger partial charge in [0.25, 0.3) is 0 Å². The number of nitrogens with zero attached hydrogens (tertiary/aromatic N) is 3. The molecule has 1 aromatic carbocycles. The van der Waals surface area contributed by atoms with Gasteiger partial charge in [0.1, 0.15) is 12.4 Å². The average Bonchev–Trinajstić information content (AvgIpc) is 2.74. The first-order valence-corrected chi connectivity index (χ1v) is 10.5. The first-order chi connectivity index (χ1) is 13.7. The van der Waals surface area contributed by atoms with Crippen LogP contribution in [0.25, 0.3) is 0 Å². The van der Waals surface area contributed by atoms with Crippen LogP contribution in [0.3, 0.4) is 0 Å². The number of likely N-dealkylation sites (N-methyl/N-ethyl adjacent to an activating group) is 1. The molecule has 1 aliphatic rings. The third kappa shape index (κ3) is 11.0. The molecule has 0 aromatic heterocycles. The van der Waals surface area contributed by atoms with E-state index in [-0.39, 0.29) is 24.0 Å². The van der Waals surface area contributed by atoms with E-state index >= 15 is 0 Å². The molecule has 29 heavy (non-hydrogen) atoms. The fraction of sp³-hybridized carbons (Fsp3) is 0.667. The van der Waals surface area contributed by atoms with Crippen molar-refractivity contribution in [3.05, 3.63) is 29.8 Å². The number of hydrogen-bond donors (Lipinski definition) is 2. The van der Waals surface area contributed by atoms with Crippen LogP contribution in [0.4, 0.5) is 0 Å². The molecule has 1 aliphatic heterocycles. The highest BCUT2D eigenvalue weighted by Gasteiger charge is 2.09. The monoisotopic (exact) mass is 519 g/mol. The molecule has 0 atom stereocenters. The molecule has 0 unspecified atom stereocenters. The SMILES string of the molecule is CCN(CC)CCOc1ccc(CN=C(N)NCCCN2CCOCC2)cc1.I. The van der Waals surface area contributed by atoms with Crippen LogP contribution in [-0.2, 0) is 11.3 Å². The average molecular weight is 519 g/mol. The number of ether oxygens (including phenoxy) is 2. The number of benzene rings is 1. The fourth-order valence-electron chi connectivity index (χ4n) is 3.10. The van der Waals surface area contributed by atoms with Crippen molar-refractivity contribution in [2.24, 2.45) is 10.7 Å². The number of rotatable bonds is 12. The Balaban J connectivity index is 0.00000420. The van der Waals surface area contributed by atoms with E-state index in [2.05, 4.69) is 34.0 Å². The third-order valence-electron chi connectivity index (χ3n) is 4.99. The van der Waals surface area contributed by atoms with Crippen molar-refractivity contribution in [3.63, 3.8) is 0 Å². The Labute approximate surface area is 193 Å². The van der Waals surface area contributed by atoms with E-state index < -0.39 is 0 Å². The largest absolute Gasteiger partial charge is 0.492 e. The van der Waals surface area contributed by atoms with Gasteiger partial charge in [0, 0.05) is 26.2 Å². The summed E-state index contributed by atoms with van der Waals surface area (Å²) in [5.41, 5.74) is 7.09. The van der Waals surface area contributed by atoms with Crippen LogP contribution in [0.1, 0.15) is 25.8 Å². The first kappa shape index (κ1) is 25.9. The normalized spacial score (nSPS) is 15.2. The Hall–Kier alpha value is -1.10. The zero-order valence-corrected chi connectivity index (χ0v) is 20.3. The highest BCUT2D eigenvalue weighted by Crippen LogP contribution is 2.13. The summed E-state index contributed by atoms with van der Waals surface area (Å²) in [6.45, 7) is 14.3. The molecule has 1 heterocycles. The minimum absolute atomic E-state index is 0. The number of morpholine rings is 1. The minimum Gasteiger partial charge on any atom is -0.492 e. The fourth-order valence-corrected chi connectivity index (χ4v) is 3.10. The molecule has 0 aliphatic carbocycles. The Kier molecular flexibility index (Phi) is 14.0. The minimum atomic E-state index is 0. The lowest BCUT2D eigenvalue weighted by atomic mass is 10.2. The summed E-state index contributed by atoms with van der Waals surface area (Å²) in [7, 11) is 0. The molecule has 3 N–H and O–H groups in total. The lowest BCUT2D eigenvalue weighted by Crippen LogP contribution is -2.39. The summed E-state index contributed by atoms with van der Waals surface area (Å²) in [5.74, 6) is 1.40. The van der Waals surface area contributed by atoms with E-state index in [1.165, 1.54) is 0 Å². The van der Waals surface area contributed by atoms with Gasteiger partial charge < -0.3 is 25.4 Å². The van der Waals surface area contributed by atoms with E-state index in [1.54, 1.807) is 0 Å². The second-order valence-corrected chi connectivity index (χ2v) is 6.96. The smallest absolute Gasteiger partial charge is 0.188 e. The highest BCUT2D eigenvalue weighted by atomic mass is 127. The maximum absolute atomic E-state index is 5.97. The standard InChI is InChI=1S/C21H37N5O2.HI/c1-3-25(4-2)14-17-28-20-8-6-19(7-9-20)18-24-21(22)23-10-5-11-26-12-15-27-16-13-26;/h6-9H,3-5,10-18H2,1-2H3,(H3,22,23,24);1H. The van der Waals surface area contributed by atoms with Crippen LogP contribution in [0.5, 0.6) is 5.75 Å². The van der Waals surface area contributed by atoms with Crippen LogP contribution < -0.4 is 15.8 Å². The number of halogens is 1. The van der Waals surface area contributed by atoms with Gasteiger partial charge in [-0.25, -0.2) is 4.99 Å². The molecular formula is C21H38IN5O2. The molecule has 2 rings (SSSR count). The lowest BCUT2D eigenvalue weighted by Gasteiger charge is -2.26. The van der Waals surface area contributed by atoms with Gasteiger partial charge in [0.2, 0.25) is 0 Å². The van der Waals surface area contributed by atoms with Crippen LogP contribution in [0.2, 0.25) is 0 Å². The van der Waals surface area contributed by atoms with Gasteiger partial charge in [0.05, 0.1) is 19.8 Å². The summed E-state index contributed by atoms with van der Waals surface area (Å²) in [5, 5.41) is 3.19. The van der Waals surface area contributed by atoms with Crippen LogP contribution in [0, 0.1) is 0 Å². The summed E-state index contributed by atoms with van der Waals surface area (Å²) in [4.78, 5) is 9.19. The van der Waals surface area contributed by atoms with Crippen LogP contribution >= 0.6 is 24.0 Å². The first-order valence-electron chi connectivity index (χ1n) is 10.5. The van der Waals surface area contributed by atoms with Gasteiger partial charge in [-0.1, -0.05) is 26.0 Å². The van der Waals surface area contributed by atoms with Crippen molar-refractivity contribution < 1.29 is 9.47 Å². The van der Waals surface area contributed by atoms with E-state index in [0.717, 1.165) is 76.8 Å². The van der Waals surface area contributed by atoms with Gasteiger partial charge in [-0.15, -0.1) is 24.0 Å². The Morgan fingerprint density at radius 3 is 2.55 bits per heavy atom. The Morgan fingerprint density at radius 1 is 1.21 bits per heavy atom. The Bertz CT molecular complexity index is 561. The highest BCUT2D eigenvalue weighted by molar-refractivity contribution is 14.0. The number of nitrogens with two attached hydrogens (primary N) is 1. The summed E-state index contributed by atoms with van der Waals surface area (Å²) in [6, 6.07) is 8.09. The molecule has 8 heteroatoms. The number of guanidine groups is 1. The molecule has 1 aromatic rings. The topological polar surface area (TPSA) is 75.3 Å². The molecule has 0 amide bonds. The van der Waals surface area contributed by atoms with Gasteiger partial charge in [-0.05, 0) is 43.8 Å². The molecule has 166 valence electrons. The third-order valence-corrected chi connectivity index (χ3v) is 4.99. The van der Waals surface area contributed by atoms with Crippen molar-refractivity contribution in [2.75, 3.05) is 65.6 Å². The van der Waals surface area contributed by atoms with Crippen LogP contribution in [0.15, 0.2) is 29.3 Å². The van der Waals surface area contributed by atoms with Gasteiger partial charge in [-0.2, -0.15) is 0 Å². The molecule has 1 saturated heterocycles. The van der Waals surface area contributed by atoms with Crippen molar-refractivity contribution >= 4 is 29.9 Å². The second-order valence-electron chi connectivity index (χ2n) is 6.96. The predicted molar refractivity (Wildman–Crippen MR) is 130 cm³/mol. The molecule has 0 spiro atoms. The molecule has 0 radical (unpaired) electrons. The van der Waals surface area contributed by atoms with E-state index in [0.29, 0.717) is 19.1 Å². The predicted octanol–water partition coefficient (Wildman–Crippen LogP) is 2.15. The summed E-state index contributed by atoms with van der Waals surface area (Å²) < 4.78 is 11.2. The van der Waals surface area contributed by atoms with E-state index in [4.69, 9.17) is 15.2 Å². The number of hydrogen-bond acceptors (Lipinski definition) is 5. The van der Waals surface area contributed by atoms with E-state index in [1.807, 2.05) is 24.3 Å².